The van der Waals surface area contributed by atoms with Crippen LogP contribution in [0, 0.1) is 19.8 Å². The van der Waals surface area contributed by atoms with E-state index in [9.17, 15) is 9.90 Å². The van der Waals surface area contributed by atoms with E-state index in [1.807, 2.05) is 13.8 Å². The fraction of sp³-hybridized carbons (Fsp3) is 0.667. The van der Waals surface area contributed by atoms with Crippen LogP contribution in [0.5, 0.6) is 0 Å². The number of nitrogens with zero attached hydrogens (tertiary/aromatic N) is 2. The smallest absolute Gasteiger partial charge is 0.328 e. The van der Waals surface area contributed by atoms with E-state index in [0.717, 1.165) is 30.7 Å². The number of aromatic nitrogens is 2. The van der Waals surface area contributed by atoms with Crippen molar-refractivity contribution < 1.29 is 9.90 Å². The molecule has 1 aliphatic rings. The van der Waals surface area contributed by atoms with Gasteiger partial charge in [0.05, 0.1) is 5.69 Å². The van der Waals surface area contributed by atoms with Gasteiger partial charge in [0, 0.05) is 5.69 Å². The first kappa shape index (κ1) is 11.2. The molecule has 1 aromatic rings. The number of rotatable bonds is 4. The maximum Gasteiger partial charge on any atom is 0.328 e. The van der Waals surface area contributed by atoms with E-state index >= 15 is 0 Å². The Balaban J connectivity index is 2.41. The summed E-state index contributed by atoms with van der Waals surface area (Å²) in [4.78, 5) is 11.3. The van der Waals surface area contributed by atoms with Crippen molar-refractivity contribution in [3.63, 3.8) is 0 Å². The highest BCUT2D eigenvalue weighted by Crippen LogP contribution is 2.40. The van der Waals surface area contributed by atoms with Crippen LogP contribution in [0.25, 0.3) is 0 Å². The maximum absolute atomic E-state index is 11.3. The molecule has 1 saturated carbocycles. The summed E-state index contributed by atoms with van der Waals surface area (Å²) in [6, 6.07) is -0.459. The van der Waals surface area contributed by atoms with Crippen molar-refractivity contribution in [2.24, 2.45) is 5.92 Å². The Kier molecular flexibility index (Phi) is 2.74. The summed E-state index contributed by atoms with van der Waals surface area (Å²) in [5, 5.41) is 13.7. The third-order valence-corrected chi connectivity index (χ3v) is 3.41. The van der Waals surface area contributed by atoms with Crippen molar-refractivity contribution in [2.45, 2.75) is 46.1 Å². The van der Waals surface area contributed by atoms with Gasteiger partial charge < -0.3 is 5.11 Å². The van der Waals surface area contributed by atoms with E-state index in [0.29, 0.717) is 0 Å². The Morgan fingerprint density at radius 3 is 2.56 bits per heavy atom. The number of carbonyl (C=O) groups is 1. The number of hydrogen-bond donors (Lipinski definition) is 1. The minimum Gasteiger partial charge on any atom is -0.480 e. The van der Waals surface area contributed by atoms with Crippen LogP contribution in [0.2, 0.25) is 0 Å². The maximum atomic E-state index is 11.3. The molecule has 0 spiro atoms. The molecule has 2 rings (SSSR count). The van der Waals surface area contributed by atoms with Gasteiger partial charge in [0.2, 0.25) is 0 Å². The molecule has 1 aromatic heterocycles. The van der Waals surface area contributed by atoms with Crippen LogP contribution in [0.4, 0.5) is 0 Å². The molecular weight excluding hydrogens is 204 g/mol. The third-order valence-electron chi connectivity index (χ3n) is 3.41. The highest BCUT2D eigenvalue weighted by Gasteiger charge is 2.39. The first-order valence-electron chi connectivity index (χ1n) is 5.83. The largest absolute Gasteiger partial charge is 0.480 e. The summed E-state index contributed by atoms with van der Waals surface area (Å²) >= 11 is 0. The van der Waals surface area contributed by atoms with Crippen LogP contribution < -0.4 is 0 Å². The zero-order chi connectivity index (χ0) is 11.9. The molecule has 1 atom stereocenters. The van der Waals surface area contributed by atoms with Gasteiger partial charge in [0.1, 0.15) is 0 Å². The van der Waals surface area contributed by atoms with Crippen LogP contribution in [-0.4, -0.2) is 20.9 Å². The summed E-state index contributed by atoms with van der Waals surface area (Å²) in [6.07, 6.45) is 2.93. The van der Waals surface area contributed by atoms with Gasteiger partial charge in [-0.3, -0.25) is 4.68 Å². The molecule has 1 heterocycles. The second-order valence-corrected chi connectivity index (χ2v) is 4.57. The van der Waals surface area contributed by atoms with Gasteiger partial charge in [-0.2, -0.15) is 5.10 Å². The van der Waals surface area contributed by atoms with Crippen molar-refractivity contribution in [3.8, 4) is 0 Å². The predicted molar refractivity (Wildman–Crippen MR) is 60.5 cm³/mol. The van der Waals surface area contributed by atoms with Gasteiger partial charge in [-0.05, 0) is 44.6 Å². The van der Waals surface area contributed by atoms with Crippen molar-refractivity contribution in [1.29, 1.82) is 0 Å². The molecule has 1 aliphatic carbocycles. The van der Waals surface area contributed by atoms with Crippen LogP contribution in [0.3, 0.4) is 0 Å². The lowest BCUT2D eigenvalue weighted by molar-refractivity contribution is -0.142. The first-order chi connectivity index (χ1) is 7.56. The zero-order valence-corrected chi connectivity index (χ0v) is 10.0. The number of aliphatic carboxylic acids is 1. The van der Waals surface area contributed by atoms with E-state index in [4.69, 9.17) is 0 Å². The third kappa shape index (κ3) is 1.72. The second-order valence-electron chi connectivity index (χ2n) is 4.57. The molecule has 1 fully saturated rings. The Morgan fingerprint density at radius 1 is 1.56 bits per heavy atom. The number of carboxylic acids is 1. The van der Waals surface area contributed by atoms with Gasteiger partial charge in [0.25, 0.3) is 0 Å². The monoisotopic (exact) mass is 222 g/mol. The minimum absolute atomic E-state index is 0.278. The molecule has 0 bridgehead atoms. The topological polar surface area (TPSA) is 55.1 Å². The molecule has 0 aromatic carbocycles. The van der Waals surface area contributed by atoms with Gasteiger partial charge in [-0.15, -0.1) is 0 Å². The van der Waals surface area contributed by atoms with Crippen LogP contribution >= 0.6 is 0 Å². The summed E-state index contributed by atoms with van der Waals surface area (Å²) in [6.45, 7) is 6.00. The lowest BCUT2D eigenvalue weighted by atomic mass is 10.1. The van der Waals surface area contributed by atoms with Crippen LogP contribution in [0.15, 0.2) is 0 Å². The Hall–Kier alpha value is -1.32. The normalized spacial score (nSPS) is 17.4. The van der Waals surface area contributed by atoms with E-state index in [1.54, 1.807) is 4.68 Å². The molecule has 0 radical (unpaired) electrons. The Labute approximate surface area is 95.3 Å². The molecule has 0 aliphatic heterocycles. The average molecular weight is 222 g/mol. The number of aryl methyl sites for hydroxylation is 1. The van der Waals surface area contributed by atoms with Crippen molar-refractivity contribution in [3.05, 3.63) is 17.0 Å². The molecule has 1 N–H and O–H groups in total. The lowest BCUT2D eigenvalue weighted by Crippen LogP contribution is -2.23. The molecule has 0 amide bonds. The fourth-order valence-electron chi connectivity index (χ4n) is 2.40. The van der Waals surface area contributed by atoms with Crippen molar-refractivity contribution >= 4 is 5.97 Å². The standard InChI is InChI=1S/C12H18N2O2/c1-4-10-7(2)13-14(8(10)3)11(12(15)16)9-5-6-9/h9,11H,4-6H2,1-3H3,(H,15,16). The zero-order valence-electron chi connectivity index (χ0n) is 10.0. The summed E-state index contributed by atoms with van der Waals surface area (Å²) < 4.78 is 1.72. The molecule has 1 unspecified atom stereocenters. The molecule has 0 saturated heterocycles. The molecule has 88 valence electrons. The van der Waals surface area contributed by atoms with Gasteiger partial charge in [-0.25, -0.2) is 4.79 Å². The second kappa shape index (κ2) is 3.92. The number of hydrogen-bond acceptors (Lipinski definition) is 2. The molecule has 4 nitrogen and oxygen atoms in total. The Bertz CT molecular complexity index is 419. The SMILES string of the molecule is CCc1c(C)nn(C(C(=O)O)C2CC2)c1C. The summed E-state index contributed by atoms with van der Waals surface area (Å²) in [5.74, 6) is -0.476. The Morgan fingerprint density at radius 2 is 2.19 bits per heavy atom. The molecule has 4 heteroatoms. The minimum atomic E-state index is -0.754. The van der Waals surface area contributed by atoms with Gasteiger partial charge in [-0.1, -0.05) is 6.92 Å². The summed E-state index contributed by atoms with van der Waals surface area (Å²) in [7, 11) is 0. The highest BCUT2D eigenvalue weighted by atomic mass is 16.4. The quantitative estimate of drug-likeness (QED) is 0.848. The molecule has 16 heavy (non-hydrogen) atoms. The highest BCUT2D eigenvalue weighted by molar-refractivity contribution is 5.72. The number of carboxylic acid groups (broad SMARTS) is 1. The first-order valence-corrected chi connectivity index (χ1v) is 5.83. The fourth-order valence-corrected chi connectivity index (χ4v) is 2.40. The van der Waals surface area contributed by atoms with Gasteiger partial charge >= 0.3 is 5.97 Å². The average Bonchev–Trinajstić information content (AvgIpc) is 2.96. The van der Waals surface area contributed by atoms with E-state index in [2.05, 4.69) is 12.0 Å². The molecular formula is C12H18N2O2. The van der Waals surface area contributed by atoms with E-state index in [1.165, 1.54) is 5.56 Å². The van der Waals surface area contributed by atoms with E-state index in [-0.39, 0.29) is 5.92 Å². The van der Waals surface area contributed by atoms with Gasteiger partial charge in [0.15, 0.2) is 6.04 Å². The lowest BCUT2D eigenvalue weighted by Gasteiger charge is -2.14. The van der Waals surface area contributed by atoms with Crippen molar-refractivity contribution in [2.75, 3.05) is 0 Å². The predicted octanol–water partition coefficient (Wildman–Crippen LogP) is 2.10. The van der Waals surface area contributed by atoms with Crippen LogP contribution in [-0.2, 0) is 11.2 Å². The van der Waals surface area contributed by atoms with Crippen molar-refractivity contribution in [1.82, 2.24) is 9.78 Å². The summed E-state index contributed by atoms with van der Waals surface area (Å²) in [5.41, 5.74) is 3.16. The van der Waals surface area contributed by atoms with Crippen LogP contribution in [0.1, 0.15) is 42.8 Å². The van der Waals surface area contributed by atoms with E-state index < -0.39 is 12.0 Å².